The molecule has 1 N–H and O–H groups in total. The van der Waals surface area contributed by atoms with Gasteiger partial charge >= 0.3 is 0 Å². The maximum Gasteiger partial charge on any atom is 0.277 e. The number of nitrogens with zero attached hydrogens (tertiary/aromatic N) is 2. The first-order chi connectivity index (χ1) is 13.0. The summed E-state index contributed by atoms with van der Waals surface area (Å²) in [6.45, 7) is 3.56. The quantitative estimate of drug-likeness (QED) is 0.847. The molecule has 27 heavy (non-hydrogen) atoms. The molecule has 6 heteroatoms. The summed E-state index contributed by atoms with van der Waals surface area (Å²) in [4.78, 5) is 29.6. The predicted molar refractivity (Wildman–Crippen MR) is 101 cm³/mol. The molecule has 0 spiro atoms. The molecule has 0 bridgehead atoms. The van der Waals surface area contributed by atoms with Gasteiger partial charge in [-0.2, -0.15) is 0 Å². The van der Waals surface area contributed by atoms with Crippen LogP contribution in [-0.4, -0.2) is 61.4 Å². The zero-order valence-corrected chi connectivity index (χ0v) is 15.5. The molecule has 3 rings (SSSR count). The van der Waals surface area contributed by atoms with E-state index in [9.17, 15) is 14.0 Å². The van der Waals surface area contributed by atoms with E-state index in [0.717, 1.165) is 18.7 Å². The number of piperazine rings is 1. The number of nitrogens with one attached hydrogen (secondary N) is 1. The summed E-state index contributed by atoms with van der Waals surface area (Å²) >= 11 is 0. The summed E-state index contributed by atoms with van der Waals surface area (Å²) in [6.07, 6.45) is 0. The predicted octanol–water partition coefficient (Wildman–Crippen LogP) is 0.825. The number of likely N-dealkylation sites (N-methyl/N-ethyl adjacent to an activating group) is 1. The van der Waals surface area contributed by atoms with Crippen LogP contribution in [0.2, 0.25) is 0 Å². The maximum atomic E-state index is 13.3. The first-order valence-corrected chi connectivity index (χ1v) is 9.19. The van der Waals surface area contributed by atoms with Gasteiger partial charge in [-0.3, -0.25) is 9.59 Å². The Bertz CT molecular complexity index is 789. The molecule has 1 aliphatic heterocycles. The van der Waals surface area contributed by atoms with Gasteiger partial charge in [-0.25, -0.2) is 4.39 Å². The van der Waals surface area contributed by atoms with E-state index in [1.54, 1.807) is 18.0 Å². The van der Waals surface area contributed by atoms with Crippen molar-refractivity contribution in [3.05, 3.63) is 71.5 Å². The molecule has 0 unspecified atom stereocenters. The second-order valence-electron chi connectivity index (χ2n) is 6.96. The number of halogens is 1. The molecule has 2 amide bonds. The first-order valence-electron chi connectivity index (χ1n) is 9.19. The lowest BCUT2D eigenvalue weighted by molar-refractivity contribution is -0.896. The lowest BCUT2D eigenvalue weighted by Gasteiger charge is -2.32. The number of rotatable bonds is 5. The number of hydrogen-bond acceptors (Lipinski definition) is 2. The summed E-state index contributed by atoms with van der Waals surface area (Å²) in [5.74, 6) is -0.223. The van der Waals surface area contributed by atoms with Gasteiger partial charge in [0.1, 0.15) is 5.82 Å². The molecule has 0 aromatic heterocycles. The maximum absolute atomic E-state index is 13.3. The van der Waals surface area contributed by atoms with Gasteiger partial charge in [0.2, 0.25) is 0 Å². The van der Waals surface area contributed by atoms with E-state index in [1.165, 1.54) is 17.0 Å². The van der Waals surface area contributed by atoms with E-state index in [4.69, 9.17) is 0 Å². The molecule has 1 fully saturated rings. The van der Waals surface area contributed by atoms with Crippen molar-refractivity contribution in [3.63, 3.8) is 0 Å². The van der Waals surface area contributed by atoms with Gasteiger partial charge in [-0.1, -0.05) is 30.3 Å². The van der Waals surface area contributed by atoms with Gasteiger partial charge in [-0.05, 0) is 29.8 Å². The van der Waals surface area contributed by atoms with Crippen molar-refractivity contribution in [2.24, 2.45) is 0 Å². The SMILES string of the molecule is CN(Cc1cccc(F)c1)C(=O)C[NH+]1CCN(C(=O)c2ccccc2)CC1. The van der Waals surface area contributed by atoms with E-state index >= 15 is 0 Å². The smallest absolute Gasteiger partial charge is 0.277 e. The van der Waals surface area contributed by atoms with Crippen LogP contribution in [0.4, 0.5) is 4.39 Å². The Morgan fingerprint density at radius 3 is 2.44 bits per heavy atom. The van der Waals surface area contributed by atoms with Crippen molar-refractivity contribution in [3.8, 4) is 0 Å². The monoisotopic (exact) mass is 370 g/mol. The highest BCUT2D eigenvalue weighted by Crippen LogP contribution is 2.07. The minimum Gasteiger partial charge on any atom is -0.337 e. The van der Waals surface area contributed by atoms with Crippen LogP contribution < -0.4 is 4.90 Å². The van der Waals surface area contributed by atoms with E-state index in [1.807, 2.05) is 41.3 Å². The van der Waals surface area contributed by atoms with Crippen LogP contribution in [0, 0.1) is 5.82 Å². The van der Waals surface area contributed by atoms with Crippen molar-refractivity contribution < 1.29 is 18.9 Å². The summed E-state index contributed by atoms with van der Waals surface area (Å²) in [7, 11) is 1.74. The summed E-state index contributed by atoms with van der Waals surface area (Å²) < 4.78 is 13.3. The van der Waals surface area contributed by atoms with E-state index in [0.29, 0.717) is 31.7 Å². The second kappa shape index (κ2) is 8.77. The van der Waals surface area contributed by atoms with Gasteiger partial charge < -0.3 is 14.7 Å². The van der Waals surface area contributed by atoms with Crippen LogP contribution in [0.5, 0.6) is 0 Å². The molecular formula is C21H25FN3O2+. The van der Waals surface area contributed by atoms with E-state index < -0.39 is 0 Å². The largest absolute Gasteiger partial charge is 0.337 e. The molecule has 1 aliphatic rings. The van der Waals surface area contributed by atoms with Gasteiger partial charge in [0.15, 0.2) is 6.54 Å². The number of hydrogen-bond donors (Lipinski definition) is 1. The second-order valence-corrected chi connectivity index (χ2v) is 6.96. The highest BCUT2D eigenvalue weighted by atomic mass is 19.1. The Kier molecular flexibility index (Phi) is 6.19. The van der Waals surface area contributed by atoms with E-state index in [-0.39, 0.29) is 17.6 Å². The van der Waals surface area contributed by atoms with Gasteiger partial charge in [0.25, 0.3) is 11.8 Å². The van der Waals surface area contributed by atoms with E-state index in [2.05, 4.69) is 0 Å². The molecule has 1 heterocycles. The summed E-state index contributed by atoms with van der Waals surface area (Å²) in [5, 5.41) is 0. The average molecular weight is 370 g/mol. The Morgan fingerprint density at radius 2 is 1.78 bits per heavy atom. The standard InChI is InChI=1S/C21H24FN3O2/c1-23(15-17-6-5-9-19(22)14-17)20(26)16-24-10-12-25(13-11-24)21(27)18-7-3-2-4-8-18/h2-9,14H,10-13,15-16H2,1H3/p+1. The molecule has 5 nitrogen and oxygen atoms in total. The first kappa shape index (κ1) is 19.0. The molecule has 2 aromatic rings. The molecule has 0 aliphatic carbocycles. The number of benzene rings is 2. The molecule has 0 saturated carbocycles. The van der Waals surface area contributed by atoms with Crippen molar-refractivity contribution in [1.82, 2.24) is 9.80 Å². The molecule has 0 atom stereocenters. The number of quaternary nitrogens is 1. The van der Waals surface area contributed by atoms with Crippen LogP contribution in [0.3, 0.4) is 0 Å². The van der Waals surface area contributed by atoms with Crippen molar-refractivity contribution in [2.75, 3.05) is 39.8 Å². The van der Waals surface area contributed by atoms with Crippen LogP contribution in [0.1, 0.15) is 15.9 Å². The Morgan fingerprint density at radius 1 is 1.07 bits per heavy atom. The molecular weight excluding hydrogens is 345 g/mol. The number of amides is 2. The minimum atomic E-state index is -0.293. The normalized spacial score (nSPS) is 14.8. The summed E-state index contributed by atoms with van der Waals surface area (Å²) in [6, 6.07) is 15.6. The van der Waals surface area contributed by atoms with Gasteiger partial charge in [-0.15, -0.1) is 0 Å². The Labute approximate surface area is 159 Å². The fraction of sp³-hybridized carbons (Fsp3) is 0.333. The van der Waals surface area contributed by atoms with Gasteiger partial charge in [0.05, 0.1) is 26.2 Å². The summed E-state index contributed by atoms with van der Waals surface area (Å²) in [5.41, 5.74) is 1.48. The zero-order valence-electron chi connectivity index (χ0n) is 15.5. The van der Waals surface area contributed by atoms with Crippen LogP contribution in [0.15, 0.2) is 54.6 Å². The number of carbonyl (C=O) groups excluding carboxylic acids is 2. The van der Waals surface area contributed by atoms with Crippen LogP contribution >= 0.6 is 0 Å². The van der Waals surface area contributed by atoms with Crippen LogP contribution in [-0.2, 0) is 11.3 Å². The fourth-order valence-corrected chi connectivity index (χ4v) is 3.31. The molecule has 142 valence electrons. The minimum absolute atomic E-state index is 0.0251. The number of carbonyl (C=O) groups is 2. The highest BCUT2D eigenvalue weighted by molar-refractivity contribution is 5.94. The fourth-order valence-electron chi connectivity index (χ4n) is 3.31. The van der Waals surface area contributed by atoms with Crippen molar-refractivity contribution in [2.45, 2.75) is 6.54 Å². The van der Waals surface area contributed by atoms with Crippen LogP contribution in [0.25, 0.3) is 0 Å². The molecule has 0 radical (unpaired) electrons. The molecule has 2 aromatic carbocycles. The van der Waals surface area contributed by atoms with Crippen molar-refractivity contribution >= 4 is 11.8 Å². The average Bonchev–Trinajstić information content (AvgIpc) is 2.68. The molecule has 1 saturated heterocycles. The third kappa shape index (κ3) is 5.14. The third-order valence-corrected chi connectivity index (χ3v) is 4.91. The van der Waals surface area contributed by atoms with Gasteiger partial charge in [0, 0.05) is 19.2 Å². The lowest BCUT2D eigenvalue weighted by atomic mass is 10.2. The van der Waals surface area contributed by atoms with Crippen molar-refractivity contribution in [1.29, 1.82) is 0 Å². The highest BCUT2D eigenvalue weighted by Gasteiger charge is 2.26. The Hall–Kier alpha value is -2.73. The third-order valence-electron chi connectivity index (χ3n) is 4.91. The topological polar surface area (TPSA) is 45.1 Å². The lowest BCUT2D eigenvalue weighted by Crippen LogP contribution is -3.15. The Balaban J connectivity index is 1.47. The zero-order chi connectivity index (χ0) is 19.2.